The van der Waals surface area contributed by atoms with E-state index in [-0.39, 0.29) is 0 Å². The van der Waals surface area contributed by atoms with E-state index in [0.717, 1.165) is 25.3 Å². The molecule has 1 atom stereocenters. The van der Waals surface area contributed by atoms with E-state index in [1.807, 2.05) is 11.8 Å². The van der Waals surface area contributed by atoms with E-state index in [4.69, 9.17) is 5.84 Å². The summed E-state index contributed by atoms with van der Waals surface area (Å²) in [5.41, 5.74) is 2.53. The molecule has 1 unspecified atom stereocenters. The van der Waals surface area contributed by atoms with E-state index < -0.39 is 0 Å². The Labute approximate surface area is 130 Å². The number of nitrogen functional groups attached to an aromatic ring is 1. The first-order chi connectivity index (χ1) is 10.2. The van der Waals surface area contributed by atoms with Gasteiger partial charge in [-0.3, -0.25) is 5.43 Å². The lowest BCUT2D eigenvalue weighted by atomic mass is 10.1. The van der Waals surface area contributed by atoms with Gasteiger partial charge in [0.25, 0.3) is 0 Å². The fourth-order valence-electron chi connectivity index (χ4n) is 2.32. The number of aromatic nitrogens is 3. The highest BCUT2D eigenvalue weighted by atomic mass is 32.2. The predicted octanol–water partition coefficient (Wildman–Crippen LogP) is 1.70. The SMILES string of the molecule is CSCCC(C)Nc1nc(NN)nc(N2CCCCC2)n1. The second-order valence-electron chi connectivity index (χ2n) is 5.30. The minimum absolute atomic E-state index is 0.319. The van der Waals surface area contributed by atoms with Crippen LogP contribution < -0.4 is 21.5 Å². The molecule has 7 nitrogen and oxygen atoms in total. The van der Waals surface area contributed by atoms with Crippen LogP contribution in [-0.4, -0.2) is 46.1 Å². The van der Waals surface area contributed by atoms with Gasteiger partial charge in [0, 0.05) is 19.1 Å². The van der Waals surface area contributed by atoms with Gasteiger partial charge in [0.1, 0.15) is 0 Å². The van der Waals surface area contributed by atoms with Crippen LogP contribution in [0.25, 0.3) is 0 Å². The molecular weight excluding hydrogens is 286 g/mol. The van der Waals surface area contributed by atoms with E-state index in [2.05, 4.69) is 43.8 Å². The van der Waals surface area contributed by atoms with Crippen molar-refractivity contribution in [3.8, 4) is 0 Å². The van der Waals surface area contributed by atoms with E-state index >= 15 is 0 Å². The van der Waals surface area contributed by atoms with Crippen molar-refractivity contribution in [3.63, 3.8) is 0 Å². The van der Waals surface area contributed by atoms with E-state index in [9.17, 15) is 0 Å². The van der Waals surface area contributed by atoms with Gasteiger partial charge < -0.3 is 10.2 Å². The molecule has 21 heavy (non-hydrogen) atoms. The van der Waals surface area contributed by atoms with Crippen molar-refractivity contribution >= 4 is 29.6 Å². The number of nitrogens with zero attached hydrogens (tertiary/aromatic N) is 4. The molecule has 2 rings (SSSR count). The molecule has 118 valence electrons. The van der Waals surface area contributed by atoms with Crippen LogP contribution in [0.4, 0.5) is 17.8 Å². The number of anilines is 3. The molecule has 0 amide bonds. The molecule has 0 aliphatic carbocycles. The highest BCUT2D eigenvalue weighted by Gasteiger charge is 2.16. The zero-order chi connectivity index (χ0) is 15.1. The molecule has 1 aromatic rings. The van der Waals surface area contributed by atoms with Gasteiger partial charge in [-0.2, -0.15) is 26.7 Å². The largest absolute Gasteiger partial charge is 0.352 e. The quantitative estimate of drug-likeness (QED) is 0.518. The van der Waals surface area contributed by atoms with Crippen molar-refractivity contribution in [1.29, 1.82) is 0 Å². The number of hydrogen-bond donors (Lipinski definition) is 3. The van der Waals surface area contributed by atoms with Gasteiger partial charge in [-0.1, -0.05) is 0 Å². The molecular formula is C13H25N7S. The number of piperidine rings is 1. The Bertz CT molecular complexity index is 437. The number of hydrazine groups is 1. The maximum absolute atomic E-state index is 5.48. The van der Waals surface area contributed by atoms with Crippen LogP contribution >= 0.6 is 11.8 Å². The molecule has 2 heterocycles. The third-order valence-corrected chi connectivity index (χ3v) is 4.17. The summed E-state index contributed by atoms with van der Waals surface area (Å²) in [7, 11) is 0. The Morgan fingerprint density at radius 1 is 1.19 bits per heavy atom. The summed E-state index contributed by atoms with van der Waals surface area (Å²) in [5, 5.41) is 3.33. The first kappa shape index (κ1) is 16.1. The third-order valence-electron chi connectivity index (χ3n) is 3.52. The zero-order valence-corrected chi connectivity index (χ0v) is 13.6. The van der Waals surface area contributed by atoms with Gasteiger partial charge in [0.2, 0.25) is 17.8 Å². The lowest BCUT2D eigenvalue weighted by Crippen LogP contribution is -2.32. The van der Waals surface area contributed by atoms with E-state index in [0.29, 0.717) is 23.9 Å². The van der Waals surface area contributed by atoms with Crippen molar-refractivity contribution < 1.29 is 0 Å². The van der Waals surface area contributed by atoms with Gasteiger partial charge in [-0.25, -0.2) is 5.84 Å². The van der Waals surface area contributed by atoms with E-state index in [1.54, 1.807) is 0 Å². The fourth-order valence-corrected chi connectivity index (χ4v) is 2.91. The van der Waals surface area contributed by atoms with Gasteiger partial charge >= 0.3 is 0 Å². The van der Waals surface area contributed by atoms with Crippen molar-refractivity contribution in [2.75, 3.05) is 40.7 Å². The summed E-state index contributed by atoms with van der Waals surface area (Å²) >= 11 is 1.84. The first-order valence-electron chi connectivity index (χ1n) is 7.46. The van der Waals surface area contributed by atoms with Crippen LogP contribution in [0.5, 0.6) is 0 Å². The normalized spacial score (nSPS) is 16.6. The van der Waals surface area contributed by atoms with Crippen LogP contribution in [-0.2, 0) is 0 Å². The first-order valence-corrected chi connectivity index (χ1v) is 8.85. The Kier molecular flexibility index (Phi) is 6.31. The fraction of sp³-hybridized carbons (Fsp3) is 0.769. The number of rotatable bonds is 7. The Hall–Kier alpha value is -1.28. The molecule has 1 aliphatic rings. The lowest BCUT2D eigenvalue weighted by molar-refractivity contribution is 0.567. The van der Waals surface area contributed by atoms with Crippen molar-refractivity contribution in [3.05, 3.63) is 0 Å². The average molecular weight is 311 g/mol. The molecule has 1 saturated heterocycles. The van der Waals surface area contributed by atoms with Crippen molar-refractivity contribution in [2.24, 2.45) is 5.84 Å². The minimum atomic E-state index is 0.319. The number of nitrogens with one attached hydrogen (secondary N) is 2. The summed E-state index contributed by atoms with van der Waals surface area (Å²) in [5.74, 6) is 8.29. The van der Waals surface area contributed by atoms with E-state index in [1.165, 1.54) is 19.3 Å². The topological polar surface area (TPSA) is 92.0 Å². The van der Waals surface area contributed by atoms with Crippen LogP contribution in [0, 0.1) is 0 Å². The Morgan fingerprint density at radius 3 is 2.57 bits per heavy atom. The second-order valence-corrected chi connectivity index (χ2v) is 6.29. The monoisotopic (exact) mass is 311 g/mol. The highest BCUT2D eigenvalue weighted by Crippen LogP contribution is 2.18. The lowest BCUT2D eigenvalue weighted by Gasteiger charge is -2.27. The summed E-state index contributed by atoms with van der Waals surface area (Å²) in [6.45, 7) is 4.13. The molecule has 0 bridgehead atoms. The van der Waals surface area contributed by atoms with Crippen molar-refractivity contribution in [1.82, 2.24) is 15.0 Å². The minimum Gasteiger partial charge on any atom is -0.352 e. The number of hydrogen-bond acceptors (Lipinski definition) is 8. The van der Waals surface area contributed by atoms with Gasteiger partial charge in [0.05, 0.1) is 0 Å². The summed E-state index contributed by atoms with van der Waals surface area (Å²) in [4.78, 5) is 15.4. The smallest absolute Gasteiger partial charge is 0.243 e. The van der Waals surface area contributed by atoms with Gasteiger partial charge in [0.15, 0.2) is 0 Å². The molecule has 8 heteroatoms. The third kappa shape index (κ3) is 4.89. The maximum atomic E-state index is 5.48. The molecule has 0 radical (unpaired) electrons. The number of thioether (sulfide) groups is 1. The predicted molar refractivity (Wildman–Crippen MR) is 89.8 cm³/mol. The second kappa shape index (κ2) is 8.23. The van der Waals surface area contributed by atoms with Crippen LogP contribution in [0.15, 0.2) is 0 Å². The standard InChI is InChI=1S/C13H25N7S/c1-10(6-9-21-2)15-11-16-12(19-14)18-13(17-11)20-7-4-3-5-8-20/h10H,3-9,14H2,1-2H3,(H2,15,16,17,18,19). The molecule has 0 aromatic carbocycles. The van der Waals surface area contributed by atoms with Crippen LogP contribution in [0.1, 0.15) is 32.6 Å². The van der Waals surface area contributed by atoms with Crippen molar-refractivity contribution in [2.45, 2.75) is 38.6 Å². The van der Waals surface area contributed by atoms with Crippen LogP contribution in [0.2, 0.25) is 0 Å². The molecule has 0 saturated carbocycles. The van der Waals surface area contributed by atoms with Gasteiger partial charge in [-0.15, -0.1) is 0 Å². The number of nitrogens with two attached hydrogens (primary N) is 1. The summed E-state index contributed by atoms with van der Waals surface area (Å²) < 4.78 is 0. The zero-order valence-electron chi connectivity index (χ0n) is 12.8. The Balaban J connectivity index is 2.09. The van der Waals surface area contributed by atoms with Crippen LogP contribution in [0.3, 0.4) is 0 Å². The Morgan fingerprint density at radius 2 is 1.90 bits per heavy atom. The highest BCUT2D eigenvalue weighted by molar-refractivity contribution is 7.98. The van der Waals surface area contributed by atoms with Gasteiger partial charge in [-0.05, 0) is 44.6 Å². The molecule has 1 fully saturated rings. The molecule has 1 aromatic heterocycles. The summed E-state index contributed by atoms with van der Waals surface area (Å²) in [6.07, 6.45) is 6.83. The average Bonchev–Trinajstić information content (AvgIpc) is 2.53. The molecule has 1 aliphatic heterocycles. The molecule has 0 spiro atoms. The maximum Gasteiger partial charge on any atom is 0.243 e. The molecule has 4 N–H and O–H groups in total. The summed E-state index contributed by atoms with van der Waals surface area (Å²) in [6, 6.07) is 0.319.